The number of hydrogen-bond acceptors (Lipinski definition) is 3. The zero-order chi connectivity index (χ0) is 14.8. The van der Waals surface area contributed by atoms with Gasteiger partial charge < -0.3 is 15.0 Å². The van der Waals surface area contributed by atoms with Gasteiger partial charge in [0.2, 0.25) is 0 Å². The second-order valence-electron chi connectivity index (χ2n) is 6.37. The number of fused-ring (bicyclic) bond motifs is 1. The molecule has 4 nitrogen and oxygen atoms in total. The van der Waals surface area contributed by atoms with E-state index in [0.29, 0.717) is 12.0 Å². The van der Waals surface area contributed by atoms with Gasteiger partial charge in [0.15, 0.2) is 0 Å². The van der Waals surface area contributed by atoms with Crippen LogP contribution in [0, 0.1) is 5.92 Å². The number of nitrogens with zero attached hydrogens (tertiary/aromatic N) is 1. The Bertz CT molecular complexity index is 501. The fourth-order valence-corrected chi connectivity index (χ4v) is 3.37. The second kappa shape index (κ2) is 6.06. The van der Waals surface area contributed by atoms with Crippen molar-refractivity contribution in [3.8, 4) is 5.75 Å². The highest BCUT2D eigenvalue weighted by atomic mass is 16.5. The molecule has 0 saturated carbocycles. The van der Waals surface area contributed by atoms with Gasteiger partial charge in [-0.05, 0) is 57.4 Å². The predicted molar refractivity (Wildman–Crippen MR) is 82.6 cm³/mol. The number of carbonyl (C=O) groups is 1. The number of likely N-dealkylation sites (tertiary alicyclic amines) is 1. The van der Waals surface area contributed by atoms with E-state index in [-0.39, 0.29) is 12.0 Å². The molecule has 1 aromatic carbocycles. The van der Waals surface area contributed by atoms with Crippen molar-refractivity contribution in [2.24, 2.45) is 5.92 Å². The first-order valence-corrected chi connectivity index (χ1v) is 7.93. The van der Waals surface area contributed by atoms with Gasteiger partial charge in [-0.3, -0.25) is 4.79 Å². The molecule has 1 amide bonds. The van der Waals surface area contributed by atoms with Crippen molar-refractivity contribution in [3.05, 3.63) is 29.8 Å². The summed E-state index contributed by atoms with van der Waals surface area (Å²) in [5, 5.41) is 3.54. The number of ether oxygens (including phenoxy) is 1. The molecule has 1 N–H and O–H groups in total. The molecule has 2 heterocycles. The molecule has 2 aliphatic heterocycles. The molecule has 21 heavy (non-hydrogen) atoms. The number of carbonyl (C=O) groups excluding carboxylic acids is 1. The van der Waals surface area contributed by atoms with E-state index in [1.165, 1.54) is 12.8 Å². The van der Waals surface area contributed by atoms with Gasteiger partial charge in [0, 0.05) is 24.7 Å². The zero-order valence-corrected chi connectivity index (χ0v) is 12.8. The van der Waals surface area contributed by atoms with Crippen LogP contribution in [-0.2, 0) is 0 Å². The van der Waals surface area contributed by atoms with Crippen LogP contribution in [0.4, 0.5) is 0 Å². The van der Waals surface area contributed by atoms with E-state index in [9.17, 15) is 4.79 Å². The van der Waals surface area contributed by atoms with Crippen LogP contribution < -0.4 is 10.1 Å². The maximum Gasteiger partial charge on any atom is 0.254 e. The van der Waals surface area contributed by atoms with Crippen LogP contribution in [0.3, 0.4) is 0 Å². The number of amides is 1. The molecule has 0 bridgehead atoms. The first kappa shape index (κ1) is 14.4. The highest BCUT2D eigenvalue weighted by Crippen LogP contribution is 2.26. The normalized spacial score (nSPS) is 25.0. The maximum atomic E-state index is 12.7. The SMILES string of the molecule is CC(C)Oc1cccc(C(=O)N2C[C@@H]3CCCN[C@@H]3C2)c1. The van der Waals surface area contributed by atoms with Crippen molar-refractivity contribution in [2.45, 2.75) is 38.8 Å². The standard InChI is InChI=1S/C17H24N2O2/c1-12(2)21-15-7-3-5-13(9-15)17(20)19-10-14-6-4-8-18-16(14)11-19/h3,5,7,9,12,14,16,18H,4,6,8,10-11H2,1-2H3/t14-,16+/m0/s1. The summed E-state index contributed by atoms with van der Waals surface area (Å²) in [5.74, 6) is 1.52. The zero-order valence-electron chi connectivity index (χ0n) is 12.8. The molecule has 1 aromatic rings. The van der Waals surface area contributed by atoms with Gasteiger partial charge in [-0.15, -0.1) is 0 Å². The largest absolute Gasteiger partial charge is 0.491 e. The first-order chi connectivity index (χ1) is 10.1. The van der Waals surface area contributed by atoms with Gasteiger partial charge in [-0.2, -0.15) is 0 Å². The highest BCUT2D eigenvalue weighted by molar-refractivity contribution is 5.94. The molecular formula is C17H24N2O2. The lowest BCUT2D eigenvalue weighted by Gasteiger charge is -2.24. The molecule has 2 aliphatic rings. The lowest BCUT2D eigenvalue weighted by Crippen LogP contribution is -2.41. The number of nitrogens with one attached hydrogen (secondary N) is 1. The molecule has 2 fully saturated rings. The van der Waals surface area contributed by atoms with Gasteiger partial charge in [0.1, 0.15) is 5.75 Å². The van der Waals surface area contributed by atoms with Crippen molar-refractivity contribution in [2.75, 3.05) is 19.6 Å². The van der Waals surface area contributed by atoms with Gasteiger partial charge >= 0.3 is 0 Å². The molecule has 0 aliphatic carbocycles. The monoisotopic (exact) mass is 288 g/mol. The minimum absolute atomic E-state index is 0.120. The number of hydrogen-bond donors (Lipinski definition) is 1. The summed E-state index contributed by atoms with van der Waals surface area (Å²) in [4.78, 5) is 14.7. The molecule has 2 saturated heterocycles. The van der Waals surface area contributed by atoms with Crippen molar-refractivity contribution in [1.29, 1.82) is 0 Å². The lowest BCUT2D eigenvalue weighted by atomic mass is 9.94. The third-order valence-corrected chi connectivity index (χ3v) is 4.34. The Hall–Kier alpha value is -1.55. The number of rotatable bonds is 3. The van der Waals surface area contributed by atoms with Crippen LogP contribution >= 0.6 is 0 Å². The minimum Gasteiger partial charge on any atom is -0.491 e. The molecule has 0 radical (unpaired) electrons. The van der Waals surface area contributed by atoms with Gasteiger partial charge in [0.05, 0.1) is 6.10 Å². The molecule has 0 spiro atoms. The van der Waals surface area contributed by atoms with E-state index in [0.717, 1.165) is 30.9 Å². The Morgan fingerprint density at radius 1 is 1.38 bits per heavy atom. The van der Waals surface area contributed by atoms with Crippen LogP contribution in [-0.4, -0.2) is 42.6 Å². The Balaban J connectivity index is 1.70. The summed E-state index contributed by atoms with van der Waals surface area (Å²) in [7, 11) is 0. The quantitative estimate of drug-likeness (QED) is 0.928. The molecule has 0 aromatic heterocycles. The average molecular weight is 288 g/mol. The van der Waals surface area contributed by atoms with E-state index in [1.807, 2.05) is 43.0 Å². The predicted octanol–water partition coefficient (Wildman–Crippen LogP) is 2.30. The average Bonchev–Trinajstić information content (AvgIpc) is 2.90. The number of piperidine rings is 1. The fraction of sp³-hybridized carbons (Fsp3) is 0.588. The Morgan fingerprint density at radius 2 is 2.24 bits per heavy atom. The summed E-state index contributed by atoms with van der Waals surface area (Å²) in [5.41, 5.74) is 0.729. The molecular weight excluding hydrogens is 264 g/mol. The molecule has 114 valence electrons. The number of benzene rings is 1. The third-order valence-electron chi connectivity index (χ3n) is 4.34. The van der Waals surface area contributed by atoms with E-state index in [1.54, 1.807) is 0 Å². The van der Waals surface area contributed by atoms with E-state index < -0.39 is 0 Å². The minimum atomic E-state index is 0.120. The molecule has 3 rings (SSSR count). The topological polar surface area (TPSA) is 41.6 Å². The summed E-state index contributed by atoms with van der Waals surface area (Å²) in [6.07, 6.45) is 2.58. The van der Waals surface area contributed by atoms with Crippen LogP contribution in [0.1, 0.15) is 37.0 Å². The van der Waals surface area contributed by atoms with Crippen LogP contribution in [0.2, 0.25) is 0 Å². The van der Waals surface area contributed by atoms with Gasteiger partial charge in [-0.1, -0.05) is 6.07 Å². The smallest absolute Gasteiger partial charge is 0.254 e. The van der Waals surface area contributed by atoms with E-state index >= 15 is 0 Å². The first-order valence-electron chi connectivity index (χ1n) is 7.93. The lowest BCUT2D eigenvalue weighted by molar-refractivity contribution is 0.0785. The third kappa shape index (κ3) is 3.21. The van der Waals surface area contributed by atoms with Crippen molar-refractivity contribution < 1.29 is 9.53 Å². The van der Waals surface area contributed by atoms with Crippen LogP contribution in [0.5, 0.6) is 5.75 Å². The van der Waals surface area contributed by atoms with E-state index in [4.69, 9.17) is 4.74 Å². The second-order valence-corrected chi connectivity index (χ2v) is 6.37. The summed E-state index contributed by atoms with van der Waals surface area (Å²) >= 11 is 0. The summed E-state index contributed by atoms with van der Waals surface area (Å²) in [6.45, 7) is 6.78. The maximum absolute atomic E-state index is 12.7. The Kier molecular flexibility index (Phi) is 4.15. The summed E-state index contributed by atoms with van der Waals surface area (Å²) < 4.78 is 5.68. The van der Waals surface area contributed by atoms with Crippen molar-refractivity contribution in [3.63, 3.8) is 0 Å². The van der Waals surface area contributed by atoms with Crippen LogP contribution in [0.25, 0.3) is 0 Å². The van der Waals surface area contributed by atoms with E-state index in [2.05, 4.69) is 5.32 Å². The van der Waals surface area contributed by atoms with Crippen molar-refractivity contribution >= 4 is 5.91 Å². The fourth-order valence-electron chi connectivity index (χ4n) is 3.37. The van der Waals surface area contributed by atoms with Crippen molar-refractivity contribution in [1.82, 2.24) is 10.2 Å². The van der Waals surface area contributed by atoms with Crippen LogP contribution in [0.15, 0.2) is 24.3 Å². The molecule has 0 unspecified atom stereocenters. The molecule has 2 atom stereocenters. The van der Waals surface area contributed by atoms with Gasteiger partial charge in [0.25, 0.3) is 5.91 Å². The molecule has 4 heteroatoms. The highest BCUT2D eigenvalue weighted by Gasteiger charge is 2.36. The Morgan fingerprint density at radius 3 is 3.00 bits per heavy atom. The summed E-state index contributed by atoms with van der Waals surface area (Å²) in [6, 6.07) is 8.02. The van der Waals surface area contributed by atoms with Gasteiger partial charge in [-0.25, -0.2) is 0 Å². The Labute approximate surface area is 126 Å².